The molecule has 3 N–H and O–H groups in total. The van der Waals surface area contributed by atoms with Gasteiger partial charge in [-0.15, -0.1) is 0 Å². The molecular weight excluding hydrogens is 246 g/mol. The van der Waals surface area contributed by atoms with Gasteiger partial charge in [-0.25, -0.2) is 4.79 Å². The van der Waals surface area contributed by atoms with Crippen LogP contribution in [0.4, 0.5) is 0 Å². The lowest BCUT2D eigenvalue weighted by atomic mass is 10.0. The summed E-state index contributed by atoms with van der Waals surface area (Å²) in [6.45, 7) is -0.586. The van der Waals surface area contributed by atoms with E-state index in [0.717, 1.165) is 10.8 Å². The molecule has 0 aliphatic rings. The van der Waals surface area contributed by atoms with E-state index in [1.165, 1.54) is 12.3 Å². The second kappa shape index (κ2) is 5.49. The first-order chi connectivity index (χ1) is 9.13. The van der Waals surface area contributed by atoms with Gasteiger partial charge in [-0.1, -0.05) is 30.3 Å². The Morgan fingerprint density at radius 2 is 2.00 bits per heavy atom. The summed E-state index contributed by atoms with van der Waals surface area (Å²) in [5, 5.41) is 29.2. The SMILES string of the molecule is O=C(O)[C@H](CO)N=Cc1c(O)ccc2ccccc12. The molecule has 0 radical (unpaired) electrons. The van der Waals surface area contributed by atoms with Crippen LogP contribution >= 0.6 is 0 Å². The minimum atomic E-state index is -1.22. The Kier molecular flexibility index (Phi) is 3.77. The van der Waals surface area contributed by atoms with Crippen molar-refractivity contribution >= 4 is 23.0 Å². The van der Waals surface area contributed by atoms with Crippen LogP contribution in [0.1, 0.15) is 5.56 Å². The minimum absolute atomic E-state index is 0.0181. The molecule has 2 aromatic rings. The predicted molar refractivity (Wildman–Crippen MR) is 71.7 cm³/mol. The molecule has 0 aliphatic carbocycles. The highest BCUT2D eigenvalue weighted by atomic mass is 16.4. The number of fused-ring (bicyclic) bond motifs is 1. The molecule has 0 bridgehead atoms. The normalized spacial score (nSPS) is 12.9. The second-order valence-corrected chi connectivity index (χ2v) is 4.03. The maximum absolute atomic E-state index is 10.8. The number of carboxylic acid groups (broad SMARTS) is 1. The third kappa shape index (κ3) is 2.71. The van der Waals surface area contributed by atoms with Crippen LogP contribution in [-0.2, 0) is 4.79 Å². The van der Waals surface area contributed by atoms with E-state index in [2.05, 4.69) is 4.99 Å². The number of aliphatic carboxylic acids is 1. The van der Waals surface area contributed by atoms with Crippen molar-refractivity contribution in [1.82, 2.24) is 0 Å². The molecule has 0 saturated carbocycles. The summed E-state index contributed by atoms with van der Waals surface area (Å²) in [4.78, 5) is 14.6. The third-order valence-electron chi connectivity index (χ3n) is 2.79. The maximum atomic E-state index is 10.8. The van der Waals surface area contributed by atoms with E-state index >= 15 is 0 Å². The monoisotopic (exact) mass is 259 g/mol. The zero-order valence-electron chi connectivity index (χ0n) is 10.0. The largest absolute Gasteiger partial charge is 0.507 e. The Bertz CT molecular complexity index is 636. The van der Waals surface area contributed by atoms with Gasteiger partial charge >= 0.3 is 5.97 Å². The lowest BCUT2D eigenvalue weighted by molar-refractivity contribution is -0.139. The summed E-state index contributed by atoms with van der Waals surface area (Å²) in [5.74, 6) is -1.19. The number of carbonyl (C=O) groups is 1. The van der Waals surface area contributed by atoms with Gasteiger partial charge in [0, 0.05) is 11.8 Å². The van der Waals surface area contributed by atoms with E-state index in [-0.39, 0.29) is 5.75 Å². The minimum Gasteiger partial charge on any atom is -0.507 e. The average Bonchev–Trinajstić information content (AvgIpc) is 2.41. The number of hydrogen-bond acceptors (Lipinski definition) is 4. The molecule has 0 saturated heterocycles. The van der Waals surface area contributed by atoms with Crippen LogP contribution in [0.3, 0.4) is 0 Å². The molecule has 0 aliphatic heterocycles. The number of phenols is 1. The van der Waals surface area contributed by atoms with Gasteiger partial charge in [0.2, 0.25) is 0 Å². The quantitative estimate of drug-likeness (QED) is 0.724. The molecule has 0 fully saturated rings. The molecule has 1 atom stereocenters. The number of nitrogens with zero attached hydrogens (tertiary/aromatic N) is 1. The van der Waals surface area contributed by atoms with Crippen LogP contribution < -0.4 is 0 Å². The van der Waals surface area contributed by atoms with Crippen molar-refractivity contribution in [1.29, 1.82) is 0 Å². The van der Waals surface area contributed by atoms with Crippen molar-refractivity contribution in [2.24, 2.45) is 4.99 Å². The van der Waals surface area contributed by atoms with E-state index in [1.807, 2.05) is 24.3 Å². The first-order valence-electron chi connectivity index (χ1n) is 5.71. The van der Waals surface area contributed by atoms with E-state index < -0.39 is 18.6 Å². The molecular formula is C14H13NO4. The van der Waals surface area contributed by atoms with Crippen molar-refractivity contribution in [3.05, 3.63) is 42.0 Å². The van der Waals surface area contributed by atoms with Crippen LogP contribution in [0, 0.1) is 0 Å². The Labute approximate surface area is 109 Å². The first kappa shape index (κ1) is 13.0. The fourth-order valence-electron chi connectivity index (χ4n) is 1.77. The fourth-order valence-corrected chi connectivity index (χ4v) is 1.77. The molecule has 0 heterocycles. The standard InChI is InChI=1S/C14H13NO4/c16-8-12(14(18)19)15-7-11-10-4-2-1-3-9(10)5-6-13(11)17/h1-7,12,16-17H,8H2,(H,18,19)/t12-/m0/s1. The molecule has 5 nitrogen and oxygen atoms in total. The van der Waals surface area contributed by atoms with Gasteiger partial charge in [0.05, 0.1) is 6.61 Å². The number of hydrogen-bond donors (Lipinski definition) is 3. The average molecular weight is 259 g/mol. The Morgan fingerprint density at radius 1 is 1.26 bits per heavy atom. The van der Waals surface area contributed by atoms with Crippen molar-refractivity contribution in [3.8, 4) is 5.75 Å². The molecule has 0 aromatic heterocycles. The van der Waals surface area contributed by atoms with Crippen LogP contribution in [0.25, 0.3) is 10.8 Å². The van der Waals surface area contributed by atoms with E-state index in [9.17, 15) is 9.90 Å². The number of aliphatic hydroxyl groups excluding tert-OH is 1. The molecule has 2 rings (SSSR count). The number of phenolic OH excluding ortho intramolecular Hbond substituents is 1. The van der Waals surface area contributed by atoms with Gasteiger partial charge < -0.3 is 15.3 Å². The predicted octanol–water partition coefficient (Wildman–Crippen LogP) is 1.41. The highest BCUT2D eigenvalue weighted by Gasteiger charge is 2.14. The van der Waals surface area contributed by atoms with Crippen molar-refractivity contribution < 1.29 is 20.1 Å². The Morgan fingerprint density at radius 3 is 2.68 bits per heavy atom. The van der Waals surface area contributed by atoms with Gasteiger partial charge in [0.1, 0.15) is 5.75 Å². The summed E-state index contributed by atoms with van der Waals surface area (Å²) >= 11 is 0. The molecule has 5 heteroatoms. The van der Waals surface area contributed by atoms with Crippen molar-refractivity contribution in [2.75, 3.05) is 6.61 Å². The first-order valence-corrected chi connectivity index (χ1v) is 5.71. The lowest BCUT2D eigenvalue weighted by Crippen LogP contribution is -2.22. The van der Waals surface area contributed by atoms with E-state index in [1.54, 1.807) is 6.07 Å². The Balaban J connectivity index is 2.47. The van der Waals surface area contributed by atoms with Gasteiger partial charge in [-0.3, -0.25) is 4.99 Å². The topological polar surface area (TPSA) is 90.1 Å². The van der Waals surface area contributed by atoms with Crippen LogP contribution in [0.15, 0.2) is 41.4 Å². The zero-order valence-corrected chi connectivity index (χ0v) is 10.0. The van der Waals surface area contributed by atoms with E-state index in [0.29, 0.717) is 5.56 Å². The number of benzene rings is 2. The summed E-state index contributed by atoms with van der Waals surface area (Å²) in [6.07, 6.45) is 1.28. The molecule has 98 valence electrons. The smallest absolute Gasteiger partial charge is 0.330 e. The van der Waals surface area contributed by atoms with Crippen molar-refractivity contribution in [3.63, 3.8) is 0 Å². The summed E-state index contributed by atoms with van der Waals surface area (Å²) in [5.41, 5.74) is 0.442. The maximum Gasteiger partial charge on any atom is 0.330 e. The van der Waals surface area contributed by atoms with Gasteiger partial charge in [-0.05, 0) is 16.8 Å². The summed E-state index contributed by atoms with van der Waals surface area (Å²) in [6, 6.07) is 9.45. The number of rotatable bonds is 4. The number of aromatic hydroxyl groups is 1. The number of carboxylic acids is 1. The van der Waals surface area contributed by atoms with Crippen LogP contribution in [0.2, 0.25) is 0 Å². The van der Waals surface area contributed by atoms with Gasteiger partial charge in [0.15, 0.2) is 6.04 Å². The van der Waals surface area contributed by atoms with Crippen LogP contribution in [0.5, 0.6) is 5.75 Å². The van der Waals surface area contributed by atoms with Gasteiger partial charge in [0.25, 0.3) is 0 Å². The molecule has 0 unspecified atom stereocenters. The highest BCUT2D eigenvalue weighted by molar-refractivity contribution is 6.02. The van der Waals surface area contributed by atoms with Crippen LogP contribution in [-0.4, -0.2) is 40.2 Å². The molecule has 2 aromatic carbocycles. The second-order valence-electron chi connectivity index (χ2n) is 4.03. The third-order valence-corrected chi connectivity index (χ3v) is 2.79. The zero-order chi connectivity index (χ0) is 13.8. The molecule has 0 amide bonds. The Hall–Kier alpha value is -2.40. The van der Waals surface area contributed by atoms with E-state index in [4.69, 9.17) is 10.2 Å². The number of aliphatic imine (C=N–C) groups is 1. The number of aliphatic hydroxyl groups is 1. The lowest BCUT2D eigenvalue weighted by Gasteiger charge is -2.06. The fraction of sp³-hybridized carbons (Fsp3) is 0.143. The molecule has 19 heavy (non-hydrogen) atoms. The van der Waals surface area contributed by atoms with Crippen molar-refractivity contribution in [2.45, 2.75) is 6.04 Å². The van der Waals surface area contributed by atoms with Gasteiger partial charge in [-0.2, -0.15) is 0 Å². The summed E-state index contributed by atoms with van der Waals surface area (Å²) < 4.78 is 0. The molecule has 0 spiro atoms. The summed E-state index contributed by atoms with van der Waals surface area (Å²) in [7, 11) is 0. The highest BCUT2D eigenvalue weighted by Crippen LogP contribution is 2.25.